The molecule has 3 aliphatic heterocycles. The Kier molecular flexibility index (Phi) is 31.6. The van der Waals surface area contributed by atoms with Crippen LogP contribution in [0.5, 0.6) is 0 Å². The number of likely N-dealkylation sites (N-methyl/N-ethyl adjacent to an activating group) is 7. The van der Waals surface area contributed by atoms with E-state index >= 15 is 51.5 Å². The number of alkyl halides is 9. The Morgan fingerprint density at radius 3 is 1.78 bits per heavy atom. The quantitative estimate of drug-likeness (QED) is 0.151. The van der Waals surface area contributed by atoms with E-state index < -0.39 is 242 Å². The number of fused-ring (bicyclic) bond motifs is 3. The minimum atomic E-state index is -5.22. The normalized spacial score (nSPS) is 33.2. The van der Waals surface area contributed by atoms with Gasteiger partial charge in [0.05, 0.1) is 31.5 Å². The number of hydrogen-bond donors (Lipinski definition) is 3. The Bertz CT molecular complexity index is 3310. The van der Waals surface area contributed by atoms with Gasteiger partial charge in [0.15, 0.2) is 0 Å². The molecule has 12 amide bonds. The highest BCUT2D eigenvalue weighted by atomic mass is 19.4. The molecule has 2 bridgehead atoms. The van der Waals surface area contributed by atoms with E-state index in [9.17, 15) is 45.5 Å². The number of halogens is 9. The van der Waals surface area contributed by atoms with Gasteiger partial charge in [0, 0.05) is 82.5 Å². The summed E-state index contributed by atoms with van der Waals surface area (Å²) in [5, 5.41) is 8.42. The Morgan fingerprint density at radius 1 is 0.571 bits per heavy atom. The first-order valence-corrected chi connectivity index (χ1v) is 40.6. The van der Waals surface area contributed by atoms with Gasteiger partial charge in [-0.3, -0.25) is 57.5 Å². The molecular weight excluding hydrogens is 1480 g/mol. The molecule has 0 aromatic carbocycles. The van der Waals surface area contributed by atoms with Crippen LogP contribution in [-0.4, -0.2) is 295 Å². The van der Waals surface area contributed by atoms with Crippen molar-refractivity contribution in [2.24, 2.45) is 41.4 Å². The topological polar surface area (TPSA) is 279 Å². The smallest absolute Gasteiger partial charge is 0.377 e. The predicted molar refractivity (Wildman–Crippen MR) is 393 cm³/mol. The lowest BCUT2D eigenvalue weighted by atomic mass is 9.74. The third-order valence-corrected chi connectivity index (χ3v) is 25.8. The summed E-state index contributed by atoms with van der Waals surface area (Å²) in [6.45, 7) is 3.26. The zero-order chi connectivity index (χ0) is 82.8. The van der Waals surface area contributed by atoms with Crippen molar-refractivity contribution in [3.8, 4) is 0 Å². The largest absolute Gasteiger partial charge is 0.397 e. The highest BCUT2D eigenvalue weighted by molar-refractivity contribution is 6.01. The first kappa shape index (κ1) is 90.5. The van der Waals surface area contributed by atoms with Gasteiger partial charge in [0.25, 0.3) is 0 Å². The predicted octanol–water partition coefficient (Wildman–Crippen LogP) is 7.45. The third-order valence-electron chi connectivity index (χ3n) is 25.8. The fourth-order valence-electron chi connectivity index (χ4n) is 18.6. The molecule has 8 fully saturated rings. The van der Waals surface area contributed by atoms with Gasteiger partial charge >= 0.3 is 12.4 Å². The summed E-state index contributed by atoms with van der Waals surface area (Å²) in [6.07, 6.45) is -15.7. The number of nitrogens with one attached hydrogen (secondary N) is 3. The molecule has 3 saturated heterocycles. The van der Waals surface area contributed by atoms with Gasteiger partial charge in [-0.15, -0.1) is 0 Å². The molecule has 4 unspecified atom stereocenters. The summed E-state index contributed by atoms with van der Waals surface area (Å²) in [7, 11) is 10.8. The second-order valence-electron chi connectivity index (χ2n) is 33.7. The number of nitrogens with zero attached hydrogens (tertiary/aromatic N) is 9. The number of ether oxygens (including phenoxy) is 1. The van der Waals surface area contributed by atoms with Gasteiger partial charge in [-0.2, -0.15) is 26.3 Å². The first-order valence-electron chi connectivity index (χ1n) is 40.6. The van der Waals surface area contributed by atoms with Crippen LogP contribution in [0.15, 0.2) is 0 Å². The van der Waals surface area contributed by atoms with E-state index in [1.165, 1.54) is 71.1 Å². The second-order valence-corrected chi connectivity index (χ2v) is 33.7. The van der Waals surface area contributed by atoms with Crippen molar-refractivity contribution in [3.05, 3.63) is 0 Å². The first-order chi connectivity index (χ1) is 52.6. The fourth-order valence-corrected chi connectivity index (χ4v) is 18.6. The van der Waals surface area contributed by atoms with Gasteiger partial charge in [0.1, 0.15) is 78.3 Å². The van der Waals surface area contributed by atoms with E-state index in [1.54, 1.807) is 20.8 Å². The Balaban J connectivity index is 1.21. The SMILES string of the molecule is CCO[C@@H]1C[C@H]2C(=O)NC3(CCC3)C(=O)N(C)[C@@H](C3CCCC3)C(=O)N(C)[C@H](C(=O)N(C)C)CC(=O)N(C)[C@@H](CC3CCCC(F)C3)C(=O)N[C@@H]([C@@H](C)CC)C(=O)N(C)CC(=O)N(C)[C@H]3CCCCCN(C3=O)[C@@H](CC3CCC(C(F)(F)F)CC3)C(=O)N(C)CC(=O)N[C@@H](CCC3CC(F)C(C(F)(F)F)C(F)C3)C(=O)N2C1. The average molecular weight is 1610 g/mol. The number of carbonyl (C=O) groups is 12. The summed E-state index contributed by atoms with van der Waals surface area (Å²) in [5.41, 5.74) is -1.71. The minimum Gasteiger partial charge on any atom is -0.377 e. The Morgan fingerprint density at radius 2 is 1.20 bits per heavy atom. The van der Waals surface area contributed by atoms with Crippen molar-refractivity contribution in [2.75, 3.05) is 89.2 Å². The molecule has 14 atom stereocenters. The van der Waals surface area contributed by atoms with Crippen LogP contribution in [0, 0.1) is 41.4 Å². The second kappa shape index (κ2) is 39.1. The molecule has 112 heavy (non-hydrogen) atoms. The van der Waals surface area contributed by atoms with Gasteiger partial charge in [0.2, 0.25) is 70.9 Å². The van der Waals surface area contributed by atoms with Gasteiger partial charge in [-0.1, -0.05) is 58.8 Å². The molecule has 0 radical (unpaired) electrons. The summed E-state index contributed by atoms with van der Waals surface area (Å²) >= 11 is 0. The van der Waals surface area contributed by atoms with Crippen molar-refractivity contribution in [1.82, 2.24) is 60.0 Å². The van der Waals surface area contributed by atoms with E-state index in [1.807, 2.05) is 0 Å². The summed E-state index contributed by atoms with van der Waals surface area (Å²) in [6, 6.07) is -11.6. The highest BCUT2D eigenvalue weighted by Gasteiger charge is 2.56. The number of carbonyl (C=O) groups excluding carboxylic acids is 12. The lowest BCUT2D eigenvalue weighted by molar-refractivity contribution is -0.219. The van der Waals surface area contributed by atoms with E-state index in [0.29, 0.717) is 70.6 Å². The van der Waals surface area contributed by atoms with Gasteiger partial charge in [-0.05, 0) is 159 Å². The molecule has 8 rings (SSSR count). The van der Waals surface area contributed by atoms with E-state index in [4.69, 9.17) is 4.74 Å². The van der Waals surface area contributed by atoms with Crippen molar-refractivity contribution < 1.29 is 102 Å². The maximum atomic E-state index is 15.6. The molecular formula is C78H121F9N12O13. The Labute approximate surface area is 652 Å². The van der Waals surface area contributed by atoms with Gasteiger partial charge in [-0.25, -0.2) is 13.2 Å². The van der Waals surface area contributed by atoms with Crippen LogP contribution in [0.3, 0.4) is 0 Å². The van der Waals surface area contributed by atoms with Crippen LogP contribution >= 0.6 is 0 Å². The number of hydrogen-bond acceptors (Lipinski definition) is 13. The molecule has 8 aliphatic rings. The average Bonchev–Trinajstić information content (AvgIpc) is 1.40. The van der Waals surface area contributed by atoms with Crippen LogP contribution in [-0.2, 0) is 62.3 Å². The molecule has 634 valence electrons. The lowest BCUT2D eigenvalue weighted by Crippen LogP contribution is -2.68. The fraction of sp³-hybridized carbons (Fsp3) is 0.846. The van der Waals surface area contributed by atoms with Crippen molar-refractivity contribution >= 4 is 70.9 Å². The van der Waals surface area contributed by atoms with Crippen LogP contribution in [0.1, 0.15) is 201 Å². The molecule has 34 heteroatoms. The zero-order valence-electron chi connectivity index (χ0n) is 67.0. The van der Waals surface area contributed by atoms with Crippen molar-refractivity contribution in [2.45, 2.75) is 291 Å². The number of rotatable bonds is 13. The molecule has 1 spiro atoms. The zero-order valence-corrected chi connectivity index (χ0v) is 67.0. The molecule has 5 saturated carbocycles. The molecule has 25 nitrogen and oxygen atoms in total. The molecule has 0 aromatic rings. The van der Waals surface area contributed by atoms with Crippen LogP contribution in [0.2, 0.25) is 0 Å². The van der Waals surface area contributed by atoms with Crippen LogP contribution < -0.4 is 16.0 Å². The summed E-state index contributed by atoms with van der Waals surface area (Å²) in [4.78, 5) is 193. The monoisotopic (exact) mass is 1600 g/mol. The molecule has 3 heterocycles. The third kappa shape index (κ3) is 21.9. The van der Waals surface area contributed by atoms with E-state index in [-0.39, 0.29) is 103 Å². The van der Waals surface area contributed by atoms with Crippen molar-refractivity contribution in [3.63, 3.8) is 0 Å². The summed E-state index contributed by atoms with van der Waals surface area (Å²) in [5.74, 6) is -17.5. The minimum absolute atomic E-state index is 0.00264. The van der Waals surface area contributed by atoms with Crippen LogP contribution in [0.4, 0.5) is 39.5 Å². The highest BCUT2D eigenvalue weighted by Crippen LogP contribution is 2.46. The summed E-state index contributed by atoms with van der Waals surface area (Å²) < 4.78 is 137. The number of amides is 12. The van der Waals surface area contributed by atoms with E-state index in [0.717, 1.165) is 29.4 Å². The van der Waals surface area contributed by atoms with Gasteiger partial charge < -0.3 is 64.8 Å². The lowest BCUT2D eigenvalue weighted by Gasteiger charge is -2.46. The molecule has 5 aliphatic carbocycles. The van der Waals surface area contributed by atoms with E-state index in [2.05, 4.69) is 16.0 Å². The van der Waals surface area contributed by atoms with Crippen LogP contribution in [0.25, 0.3) is 0 Å². The molecule has 3 N–H and O–H groups in total. The standard InChI is InChI=1S/C78H121F9N12O13/c1-12-45(3)65-73(109)93(7)44-63(102)94(8)56-25-15-14-18-34-98(72(56)108)60(38-46-26-29-50(30-27-46)77(82,83)84)71(107)92(6)43-61(100)88-55(31-28-48-36-53(80)64(54(81)37-48)78(85,86)87)69(105)99-42-52(112-13-2)40-58(99)68(104)90-76(32-20-33-76)75(111)97(11)66(49-22-16-17-23-49)74(110)96(10)59(70(106)91(4)5)41-62(101)95(9)57(67(103)89-65)39-47-21-19-24-51(79)35-47/h45-60,64-66H,12-44H2,1-11H3,(H,88,100)(H,89,103)(H,90,104)/t45-,46?,47?,48?,50?,51?,52+,53?,54?,55-,56-,57-,58-,59-,60-,64?,65-,66-/m0/s1. The molecule has 0 aromatic heterocycles. The maximum Gasteiger partial charge on any atom is 0.397 e. The maximum absolute atomic E-state index is 15.6. The van der Waals surface area contributed by atoms with Crippen molar-refractivity contribution in [1.29, 1.82) is 0 Å². The Hall–Kier alpha value is -7.03.